The van der Waals surface area contributed by atoms with Crippen LogP contribution in [0.2, 0.25) is 5.22 Å². The minimum absolute atomic E-state index is 0.260. The van der Waals surface area contributed by atoms with E-state index in [9.17, 15) is 0 Å². The molecule has 2 aromatic rings. The van der Waals surface area contributed by atoms with Crippen molar-refractivity contribution >= 4 is 11.6 Å². The minimum Gasteiger partial charge on any atom is -0.481 e. The van der Waals surface area contributed by atoms with Gasteiger partial charge >= 0.3 is 0 Å². The van der Waals surface area contributed by atoms with E-state index in [0.29, 0.717) is 11.6 Å². The summed E-state index contributed by atoms with van der Waals surface area (Å²) < 4.78 is 9.66. The largest absolute Gasteiger partial charge is 0.481 e. The first kappa shape index (κ1) is 9.02. The fraction of sp³-hybridized carbons (Fsp3) is 0.111. The number of hydrogen-bond acceptors (Lipinski definition) is 4. The molecule has 0 aliphatic carbocycles. The first-order chi connectivity index (χ1) is 6.79. The topological polar surface area (TPSA) is 48.2 Å². The van der Waals surface area contributed by atoms with Crippen molar-refractivity contribution in [1.29, 1.82) is 0 Å². The van der Waals surface area contributed by atoms with Gasteiger partial charge < -0.3 is 9.26 Å². The van der Waals surface area contributed by atoms with E-state index in [4.69, 9.17) is 20.9 Å². The van der Waals surface area contributed by atoms with Gasteiger partial charge in [-0.2, -0.15) is 0 Å². The van der Waals surface area contributed by atoms with Gasteiger partial charge in [-0.25, -0.2) is 4.98 Å². The Kier molecular flexibility index (Phi) is 2.37. The molecule has 0 atom stereocenters. The molecule has 0 aliphatic rings. The lowest BCUT2D eigenvalue weighted by atomic mass is 10.2. The molecule has 2 rings (SSSR count). The predicted octanol–water partition coefficient (Wildman–Crippen LogP) is 2.40. The summed E-state index contributed by atoms with van der Waals surface area (Å²) in [6, 6.07) is 5.21. The molecule has 0 aliphatic heterocycles. The van der Waals surface area contributed by atoms with E-state index < -0.39 is 0 Å². The number of methoxy groups -OCH3 is 1. The lowest BCUT2D eigenvalue weighted by Gasteiger charge is -1.98. The summed E-state index contributed by atoms with van der Waals surface area (Å²) in [6.45, 7) is 0. The highest BCUT2D eigenvalue weighted by molar-refractivity contribution is 6.29. The molecule has 72 valence electrons. The van der Waals surface area contributed by atoms with E-state index in [0.717, 1.165) is 5.56 Å². The molecule has 0 saturated carbocycles. The summed E-state index contributed by atoms with van der Waals surface area (Å²) >= 11 is 5.59. The number of hydrogen-bond donors (Lipinski definition) is 0. The summed E-state index contributed by atoms with van der Waals surface area (Å²) in [7, 11) is 1.56. The Balaban J connectivity index is 2.33. The van der Waals surface area contributed by atoms with E-state index in [1.54, 1.807) is 25.4 Å². The van der Waals surface area contributed by atoms with E-state index >= 15 is 0 Å². The van der Waals surface area contributed by atoms with Crippen LogP contribution in [0.3, 0.4) is 0 Å². The zero-order valence-corrected chi connectivity index (χ0v) is 8.15. The SMILES string of the molecule is COc1ccc(-c2cc(Cl)on2)cn1. The van der Waals surface area contributed by atoms with Crippen LogP contribution in [0.25, 0.3) is 11.3 Å². The van der Waals surface area contributed by atoms with Gasteiger partial charge in [0.2, 0.25) is 11.1 Å². The van der Waals surface area contributed by atoms with Gasteiger partial charge in [-0.1, -0.05) is 5.16 Å². The molecule has 5 heteroatoms. The Morgan fingerprint density at radius 2 is 2.29 bits per heavy atom. The van der Waals surface area contributed by atoms with Gasteiger partial charge in [-0.3, -0.25) is 0 Å². The van der Waals surface area contributed by atoms with Crippen LogP contribution in [0.15, 0.2) is 28.9 Å². The standard InChI is InChI=1S/C9H7ClN2O2/c1-13-9-3-2-6(5-11-9)7-4-8(10)14-12-7/h2-5H,1H3. The fourth-order valence-corrected chi connectivity index (χ4v) is 1.18. The number of rotatable bonds is 2. The summed E-state index contributed by atoms with van der Waals surface area (Å²) in [4.78, 5) is 4.04. The second kappa shape index (κ2) is 3.67. The third-order valence-electron chi connectivity index (χ3n) is 1.72. The predicted molar refractivity (Wildman–Crippen MR) is 51.3 cm³/mol. The Morgan fingerprint density at radius 3 is 2.79 bits per heavy atom. The maximum Gasteiger partial charge on any atom is 0.226 e. The van der Waals surface area contributed by atoms with Gasteiger partial charge in [-0.05, 0) is 17.7 Å². The summed E-state index contributed by atoms with van der Waals surface area (Å²) in [5.41, 5.74) is 1.49. The lowest BCUT2D eigenvalue weighted by molar-refractivity contribution is 0.398. The summed E-state index contributed by atoms with van der Waals surface area (Å²) in [6.07, 6.45) is 1.65. The van der Waals surface area contributed by atoms with Crippen LogP contribution in [0.1, 0.15) is 0 Å². The second-order valence-electron chi connectivity index (χ2n) is 2.61. The van der Waals surface area contributed by atoms with Crippen LogP contribution in [0.5, 0.6) is 5.88 Å². The Morgan fingerprint density at radius 1 is 1.43 bits per heavy atom. The smallest absolute Gasteiger partial charge is 0.226 e. The molecule has 4 nitrogen and oxygen atoms in total. The van der Waals surface area contributed by atoms with Crippen LogP contribution in [0, 0.1) is 0 Å². The van der Waals surface area contributed by atoms with Crippen LogP contribution < -0.4 is 4.74 Å². The number of pyridine rings is 1. The van der Waals surface area contributed by atoms with Crippen molar-refractivity contribution in [3.63, 3.8) is 0 Å². The average molecular weight is 211 g/mol. The molecular weight excluding hydrogens is 204 g/mol. The Hall–Kier alpha value is -1.55. The first-order valence-electron chi connectivity index (χ1n) is 3.92. The van der Waals surface area contributed by atoms with Crippen molar-refractivity contribution in [2.45, 2.75) is 0 Å². The van der Waals surface area contributed by atoms with Crippen LogP contribution in [0.4, 0.5) is 0 Å². The Bertz CT molecular complexity index is 425. The van der Waals surface area contributed by atoms with Gasteiger partial charge in [0.25, 0.3) is 0 Å². The van der Waals surface area contributed by atoms with Gasteiger partial charge in [-0.15, -0.1) is 0 Å². The van der Waals surface area contributed by atoms with E-state index in [-0.39, 0.29) is 5.22 Å². The van der Waals surface area contributed by atoms with Gasteiger partial charge in [0.15, 0.2) is 0 Å². The van der Waals surface area contributed by atoms with E-state index in [2.05, 4.69) is 10.1 Å². The normalized spacial score (nSPS) is 10.1. The second-order valence-corrected chi connectivity index (χ2v) is 2.98. The molecule has 0 saturated heterocycles. The van der Waals surface area contributed by atoms with Crippen molar-refractivity contribution < 1.29 is 9.26 Å². The molecule has 0 N–H and O–H groups in total. The Labute approximate surface area is 85.5 Å². The van der Waals surface area contributed by atoms with Crippen molar-refractivity contribution in [2.24, 2.45) is 0 Å². The van der Waals surface area contributed by atoms with Crippen molar-refractivity contribution in [1.82, 2.24) is 10.1 Å². The zero-order valence-electron chi connectivity index (χ0n) is 7.40. The third kappa shape index (κ3) is 1.70. The highest BCUT2D eigenvalue weighted by atomic mass is 35.5. The molecule has 0 radical (unpaired) electrons. The van der Waals surface area contributed by atoms with Crippen LogP contribution in [-0.2, 0) is 0 Å². The van der Waals surface area contributed by atoms with Crippen LogP contribution >= 0.6 is 11.6 Å². The third-order valence-corrected chi connectivity index (χ3v) is 1.90. The fourth-order valence-electron chi connectivity index (χ4n) is 1.04. The molecule has 0 bridgehead atoms. The molecule has 0 aromatic carbocycles. The molecule has 2 heterocycles. The molecule has 0 amide bonds. The maximum atomic E-state index is 5.59. The van der Waals surface area contributed by atoms with E-state index in [1.807, 2.05) is 6.07 Å². The highest BCUT2D eigenvalue weighted by Gasteiger charge is 2.04. The zero-order chi connectivity index (χ0) is 9.97. The number of nitrogens with zero attached hydrogens (tertiary/aromatic N) is 2. The number of halogens is 1. The molecular formula is C9H7ClN2O2. The summed E-state index contributed by atoms with van der Waals surface area (Å²) in [5, 5.41) is 4.01. The lowest BCUT2D eigenvalue weighted by Crippen LogP contribution is -1.86. The monoisotopic (exact) mass is 210 g/mol. The summed E-state index contributed by atoms with van der Waals surface area (Å²) in [5.74, 6) is 0.559. The van der Waals surface area contributed by atoms with Crippen molar-refractivity contribution in [3.8, 4) is 17.1 Å². The minimum atomic E-state index is 0.260. The highest BCUT2D eigenvalue weighted by Crippen LogP contribution is 2.21. The van der Waals surface area contributed by atoms with Gasteiger partial charge in [0.1, 0.15) is 5.69 Å². The van der Waals surface area contributed by atoms with Crippen LogP contribution in [-0.4, -0.2) is 17.3 Å². The number of aromatic nitrogens is 2. The number of ether oxygens (including phenoxy) is 1. The quantitative estimate of drug-likeness (QED) is 0.764. The molecule has 0 fully saturated rings. The molecule has 2 aromatic heterocycles. The molecule has 14 heavy (non-hydrogen) atoms. The molecule has 0 spiro atoms. The van der Waals surface area contributed by atoms with E-state index in [1.165, 1.54) is 0 Å². The first-order valence-corrected chi connectivity index (χ1v) is 4.30. The van der Waals surface area contributed by atoms with Crippen molar-refractivity contribution in [2.75, 3.05) is 7.11 Å². The average Bonchev–Trinajstić information content (AvgIpc) is 2.65. The van der Waals surface area contributed by atoms with Crippen molar-refractivity contribution in [3.05, 3.63) is 29.6 Å². The van der Waals surface area contributed by atoms with Gasteiger partial charge in [0.05, 0.1) is 7.11 Å². The van der Waals surface area contributed by atoms with Gasteiger partial charge in [0, 0.05) is 23.9 Å². The molecule has 0 unspecified atom stereocenters. The maximum absolute atomic E-state index is 5.59.